The van der Waals surface area contributed by atoms with E-state index in [4.69, 9.17) is 4.84 Å². The summed E-state index contributed by atoms with van der Waals surface area (Å²) in [5.74, 6) is -0.278. The fourth-order valence-electron chi connectivity index (χ4n) is 3.86. The zero-order valence-electron chi connectivity index (χ0n) is 17.8. The van der Waals surface area contributed by atoms with Gasteiger partial charge in [-0.25, -0.2) is 4.79 Å². The Balaban J connectivity index is 1.53. The van der Waals surface area contributed by atoms with Crippen LogP contribution in [0.15, 0.2) is 99.9 Å². The minimum absolute atomic E-state index is 0.0822. The van der Waals surface area contributed by atoms with Crippen LogP contribution in [0.2, 0.25) is 0 Å². The summed E-state index contributed by atoms with van der Waals surface area (Å²) in [6.07, 6.45) is 4.89. The second kappa shape index (κ2) is 10.9. The van der Waals surface area contributed by atoms with E-state index >= 15 is 0 Å². The minimum atomic E-state index is -0.576. The van der Waals surface area contributed by atoms with Crippen LogP contribution in [0.3, 0.4) is 0 Å². The molecule has 0 bridgehead atoms. The quantitative estimate of drug-likeness (QED) is 0.225. The molecule has 0 radical (unpaired) electrons. The fraction of sp³-hybridized carbons (Fsp3) is 0.222. The van der Waals surface area contributed by atoms with Crippen molar-refractivity contribution in [2.24, 2.45) is 11.1 Å². The topological polar surface area (TPSA) is 55.7 Å². The maximum absolute atomic E-state index is 13.1. The lowest BCUT2D eigenvalue weighted by atomic mass is 9.96. The Bertz CT molecular complexity index is 1070. The summed E-state index contributed by atoms with van der Waals surface area (Å²) in [6.45, 7) is 0. The lowest BCUT2D eigenvalue weighted by Crippen LogP contribution is -2.19. The van der Waals surface area contributed by atoms with Crippen molar-refractivity contribution in [3.8, 4) is 0 Å². The van der Waals surface area contributed by atoms with Crippen molar-refractivity contribution in [2.75, 3.05) is 0 Å². The highest BCUT2D eigenvalue weighted by molar-refractivity contribution is 7.99. The molecule has 3 aromatic rings. The predicted octanol–water partition coefficient (Wildman–Crippen LogP) is 6.55. The van der Waals surface area contributed by atoms with E-state index in [2.05, 4.69) is 17.3 Å². The first-order valence-corrected chi connectivity index (χ1v) is 11.7. The van der Waals surface area contributed by atoms with Crippen LogP contribution in [0.5, 0.6) is 0 Å². The molecule has 3 aromatic carbocycles. The van der Waals surface area contributed by atoms with Gasteiger partial charge in [0.25, 0.3) is 0 Å². The van der Waals surface area contributed by atoms with Gasteiger partial charge >= 0.3 is 5.97 Å². The fourth-order valence-corrected chi connectivity index (χ4v) is 4.70. The Kier molecular flexibility index (Phi) is 7.51. The van der Waals surface area contributed by atoms with Crippen molar-refractivity contribution in [2.45, 2.75) is 41.9 Å². The molecule has 1 fully saturated rings. The molecule has 5 heteroatoms. The van der Waals surface area contributed by atoms with Crippen LogP contribution >= 0.6 is 11.8 Å². The normalized spacial score (nSPS) is 14.3. The average molecular weight is 444 g/mol. The Labute approximate surface area is 192 Å². The van der Waals surface area contributed by atoms with Gasteiger partial charge in [0.2, 0.25) is 0 Å². The number of carbonyl (C=O) groups excluding carboxylic acids is 2. The molecule has 0 N–H and O–H groups in total. The SMILES string of the molecule is O=C(CC1CCCC1)/C(=N/OC(=O)c1ccccc1)c1ccc(Sc2ccccc2)cc1. The van der Waals surface area contributed by atoms with Crippen LogP contribution in [0.25, 0.3) is 0 Å². The highest BCUT2D eigenvalue weighted by Crippen LogP contribution is 2.29. The smallest absolute Gasteiger partial charge is 0.312 e. The van der Waals surface area contributed by atoms with Crippen molar-refractivity contribution >= 4 is 29.2 Å². The van der Waals surface area contributed by atoms with Gasteiger partial charge < -0.3 is 4.84 Å². The first-order valence-electron chi connectivity index (χ1n) is 10.9. The number of Topliss-reactive ketones (excluding diaryl/α,β-unsaturated/α-hetero) is 1. The molecule has 32 heavy (non-hydrogen) atoms. The van der Waals surface area contributed by atoms with Gasteiger partial charge in [-0.15, -0.1) is 0 Å². The van der Waals surface area contributed by atoms with Gasteiger partial charge in [-0.2, -0.15) is 0 Å². The summed E-state index contributed by atoms with van der Waals surface area (Å²) in [6, 6.07) is 26.4. The summed E-state index contributed by atoms with van der Waals surface area (Å²) in [5.41, 5.74) is 1.26. The van der Waals surface area contributed by atoms with Gasteiger partial charge in [0, 0.05) is 21.8 Å². The van der Waals surface area contributed by atoms with E-state index in [9.17, 15) is 9.59 Å². The molecule has 1 aliphatic rings. The highest BCUT2D eigenvalue weighted by atomic mass is 32.2. The molecule has 0 amide bonds. The van der Waals surface area contributed by atoms with Crippen molar-refractivity contribution in [3.63, 3.8) is 0 Å². The van der Waals surface area contributed by atoms with Crippen molar-refractivity contribution in [3.05, 3.63) is 96.1 Å². The van der Waals surface area contributed by atoms with Crippen LogP contribution in [0.1, 0.15) is 48.0 Å². The van der Waals surface area contributed by atoms with E-state index in [0.717, 1.165) is 22.6 Å². The zero-order chi connectivity index (χ0) is 22.2. The van der Waals surface area contributed by atoms with Gasteiger partial charge in [0.15, 0.2) is 11.5 Å². The third-order valence-electron chi connectivity index (χ3n) is 5.55. The predicted molar refractivity (Wildman–Crippen MR) is 127 cm³/mol. The Morgan fingerprint density at radius 1 is 0.781 bits per heavy atom. The van der Waals surface area contributed by atoms with Gasteiger partial charge in [0.1, 0.15) is 0 Å². The van der Waals surface area contributed by atoms with Crippen LogP contribution in [-0.2, 0) is 9.63 Å². The lowest BCUT2D eigenvalue weighted by Gasteiger charge is -2.10. The number of carbonyl (C=O) groups is 2. The third kappa shape index (κ3) is 5.95. The average Bonchev–Trinajstić information content (AvgIpc) is 3.34. The van der Waals surface area contributed by atoms with Crippen molar-refractivity contribution in [1.29, 1.82) is 0 Å². The number of rotatable bonds is 8. The maximum Gasteiger partial charge on any atom is 0.365 e. The molecule has 162 valence electrons. The third-order valence-corrected chi connectivity index (χ3v) is 6.56. The van der Waals surface area contributed by atoms with E-state index in [1.165, 1.54) is 12.8 Å². The standard InChI is InChI=1S/C27H25NO3S/c29-25(19-20-9-7-8-10-20)26(28-31-27(30)22-11-3-1-4-12-22)21-15-17-24(18-16-21)32-23-13-5-2-6-14-23/h1-6,11-18,20H,7-10,19H2/b28-26+. The van der Waals surface area contributed by atoms with E-state index < -0.39 is 5.97 Å². The summed E-state index contributed by atoms with van der Waals surface area (Å²) in [7, 11) is 0. The van der Waals surface area contributed by atoms with Gasteiger partial charge in [-0.3, -0.25) is 4.79 Å². The Morgan fingerprint density at radius 2 is 1.38 bits per heavy atom. The van der Waals surface area contributed by atoms with Gasteiger partial charge in [0.05, 0.1) is 5.56 Å². The van der Waals surface area contributed by atoms with E-state index in [0.29, 0.717) is 23.5 Å². The summed E-state index contributed by atoms with van der Waals surface area (Å²) in [5, 5.41) is 4.04. The molecule has 1 saturated carbocycles. The van der Waals surface area contributed by atoms with Crippen molar-refractivity contribution in [1.82, 2.24) is 0 Å². The Hall–Kier alpha value is -3.18. The molecule has 0 spiro atoms. The summed E-state index contributed by atoms with van der Waals surface area (Å²) >= 11 is 1.65. The molecule has 0 saturated heterocycles. The van der Waals surface area contributed by atoms with E-state index in [-0.39, 0.29) is 11.5 Å². The summed E-state index contributed by atoms with van der Waals surface area (Å²) < 4.78 is 0. The number of nitrogens with zero attached hydrogens (tertiary/aromatic N) is 1. The second-order valence-corrected chi connectivity index (χ2v) is 9.05. The lowest BCUT2D eigenvalue weighted by molar-refractivity contribution is -0.113. The maximum atomic E-state index is 13.1. The number of hydrogen-bond acceptors (Lipinski definition) is 5. The molecule has 0 aromatic heterocycles. The van der Waals surface area contributed by atoms with Crippen molar-refractivity contribution < 1.29 is 14.4 Å². The highest BCUT2D eigenvalue weighted by Gasteiger charge is 2.23. The van der Waals surface area contributed by atoms with Crippen LogP contribution in [0, 0.1) is 5.92 Å². The first kappa shape index (κ1) is 22.0. The zero-order valence-corrected chi connectivity index (χ0v) is 18.6. The molecule has 0 heterocycles. The minimum Gasteiger partial charge on any atom is -0.312 e. The molecular weight excluding hydrogens is 418 g/mol. The van der Waals surface area contributed by atoms with E-state index in [1.54, 1.807) is 36.0 Å². The molecule has 4 rings (SSSR count). The molecular formula is C27H25NO3S. The second-order valence-electron chi connectivity index (χ2n) is 7.90. The number of oxime groups is 1. The summed E-state index contributed by atoms with van der Waals surface area (Å²) in [4.78, 5) is 32.8. The van der Waals surface area contributed by atoms with Gasteiger partial charge in [-0.05, 0) is 42.3 Å². The molecule has 1 aliphatic carbocycles. The largest absolute Gasteiger partial charge is 0.365 e. The van der Waals surface area contributed by atoms with Crippen LogP contribution in [0.4, 0.5) is 0 Å². The van der Waals surface area contributed by atoms with Crippen LogP contribution < -0.4 is 0 Å². The number of hydrogen-bond donors (Lipinski definition) is 0. The monoisotopic (exact) mass is 443 g/mol. The molecule has 0 atom stereocenters. The number of benzene rings is 3. The molecule has 0 aliphatic heterocycles. The van der Waals surface area contributed by atoms with E-state index in [1.807, 2.05) is 48.5 Å². The first-order chi connectivity index (χ1) is 15.7. The number of ketones is 1. The van der Waals surface area contributed by atoms with Gasteiger partial charge in [-0.1, -0.05) is 91.1 Å². The Morgan fingerprint density at radius 3 is 2.03 bits per heavy atom. The molecule has 0 unspecified atom stereocenters. The van der Waals surface area contributed by atoms with Crippen LogP contribution in [-0.4, -0.2) is 17.5 Å². The molecule has 4 nitrogen and oxygen atoms in total.